The van der Waals surface area contributed by atoms with Crippen molar-refractivity contribution in [2.24, 2.45) is 0 Å². The molecule has 5 heteroatoms. The second-order valence-corrected chi connectivity index (χ2v) is 6.36. The highest BCUT2D eigenvalue weighted by atomic mass is 35.5. The smallest absolute Gasteiger partial charge is 0.224 e. The maximum absolute atomic E-state index is 11.9. The maximum atomic E-state index is 11.9. The number of halogens is 1. The van der Waals surface area contributed by atoms with Gasteiger partial charge in [0.2, 0.25) is 5.91 Å². The Hall–Kier alpha value is -1.52. The van der Waals surface area contributed by atoms with Gasteiger partial charge in [-0.2, -0.15) is 0 Å². The highest BCUT2D eigenvalue weighted by molar-refractivity contribution is 7.11. The van der Waals surface area contributed by atoms with E-state index in [1.807, 2.05) is 19.1 Å². The molecule has 0 unspecified atom stereocenters. The third kappa shape index (κ3) is 5.40. The molecule has 0 saturated carbocycles. The topological polar surface area (TPSA) is 55.1 Å². The van der Waals surface area contributed by atoms with Gasteiger partial charge in [-0.3, -0.25) is 4.79 Å². The second-order valence-electron chi connectivity index (χ2n) is 4.99. The van der Waals surface area contributed by atoms with Gasteiger partial charge < -0.3 is 11.1 Å². The number of nitrogens with one attached hydrogen (secondary N) is 1. The molecule has 3 nitrogen and oxygen atoms in total. The lowest BCUT2D eigenvalue weighted by Gasteiger charge is -2.09. The van der Waals surface area contributed by atoms with Gasteiger partial charge in [-0.05, 0) is 56.5 Å². The number of amides is 1. The summed E-state index contributed by atoms with van der Waals surface area (Å²) < 4.78 is 0. The number of thiophene rings is 1. The van der Waals surface area contributed by atoms with Crippen LogP contribution in [0, 0.1) is 13.8 Å². The number of anilines is 2. The molecule has 1 aromatic heterocycles. The minimum Gasteiger partial charge on any atom is -0.399 e. The molecule has 0 bridgehead atoms. The van der Waals surface area contributed by atoms with Gasteiger partial charge in [0, 0.05) is 27.5 Å². The predicted octanol–water partition coefficient (Wildman–Crippen LogP) is 4.33. The van der Waals surface area contributed by atoms with Crippen molar-refractivity contribution in [2.75, 3.05) is 11.1 Å². The third-order valence-electron chi connectivity index (χ3n) is 3.16. The maximum Gasteiger partial charge on any atom is 0.224 e. The summed E-state index contributed by atoms with van der Waals surface area (Å²) in [4.78, 5) is 14.6. The fourth-order valence-corrected chi connectivity index (χ4v) is 2.96. The number of hydrogen-bond donors (Lipinski definition) is 2. The molecule has 1 aromatic carbocycles. The van der Waals surface area contributed by atoms with Crippen LogP contribution in [0.15, 0.2) is 30.3 Å². The van der Waals surface area contributed by atoms with Crippen LogP contribution in [0.5, 0.6) is 0 Å². The summed E-state index contributed by atoms with van der Waals surface area (Å²) in [6.45, 7) is 4.06. The first kappa shape index (κ1) is 17.5. The van der Waals surface area contributed by atoms with Crippen molar-refractivity contribution < 1.29 is 4.79 Å². The Morgan fingerprint density at radius 2 is 2.00 bits per heavy atom. The Morgan fingerprint density at radius 1 is 1.24 bits per heavy atom. The monoisotopic (exact) mass is 324 g/mol. The van der Waals surface area contributed by atoms with Crippen molar-refractivity contribution in [3.05, 3.63) is 45.6 Å². The van der Waals surface area contributed by atoms with E-state index in [-0.39, 0.29) is 18.3 Å². The normalized spacial score (nSPS) is 10.0. The Bertz CT molecular complexity index is 610. The van der Waals surface area contributed by atoms with Crippen LogP contribution in [-0.4, -0.2) is 5.91 Å². The number of hydrogen-bond acceptors (Lipinski definition) is 3. The van der Waals surface area contributed by atoms with Gasteiger partial charge in [0.15, 0.2) is 0 Å². The van der Waals surface area contributed by atoms with Gasteiger partial charge >= 0.3 is 0 Å². The molecule has 0 radical (unpaired) electrons. The molecular weight excluding hydrogens is 304 g/mol. The lowest BCUT2D eigenvalue weighted by molar-refractivity contribution is -0.116. The van der Waals surface area contributed by atoms with Crippen LogP contribution >= 0.6 is 23.7 Å². The Kier molecular flexibility index (Phi) is 6.72. The van der Waals surface area contributed by atoms with E-state index < -0.39 is 0 Å². The fraction of sp³-hybridized carbons (Fsp3) is 0.312. The first-order chi connectivity index (χ1) is 9.54. The van der Waals surface area contributed by atoms with E-state index in [0.717, 1.165) is 24.1 Å². The van der Waals surface area contributed by atoms with Crippen LogP contribution in [0.3, 0.4) is 0 Å². The second kappa shape index (κ2) is 8.05. The van der Waals surface area contributed by atoms with Crippen molar-refractivity contribution >= 4 is 41.0 Å². The number of nitrogens with two attached hydrogens (primary N) is 1. The van der Waals surface area contributed by atoms with Gasteiger partial charge in [-0.1, -0.05) is 6.07 Å². The first-order valence-corrected chi connectivity index (χ1v) is 7.57. The van der Waals surface area contributed by atoms with Crippen LogP contribution in [0.1, 0.15) is 28.2 Å². The van der Waals surface area contributed by atoms with Gasteiger partial charge in [-0.25, -0.2) is 0 Å². The standard InChI is InChI=1S/C16H20N2OS.ClH/c1-11-6-8-13(17)10-15(11)18-16(19)5-3-4-14-9-7-12(2)20-14;/h6-10H,3-5,17H2,1-2H3,(H,18,19);1H. The Balaban J connectivity index is 0.00000220. The highest BCUT2D eigenvalue weighted by Crippen LogP contribution is 2.20. The van der Waals surface area contributed by atoms with E-state index in [1.54, 1.807) is 17.4 Å². The molecule has 2 aromatic rings. The molecule has 3 N–H and O–H groups in total. The zero-order valence-corrected chi connectivity index (χ0v) is 13.9. The van der Waals surface area contributed by atoms with E-state index in [4.69, 9.17) is 5.73 Å². The lowest BCUT2D eigenvalue weighted by Crippen LogP contribution is -2.12. The summed E-state index contributed by atoms with van der Waals surface area (Å²) >= 11 is 1.80. The van der Waals surface area contributed by atoms with E-state index >= 15 is 0 Å². The van der Waals surface area contributed by atoms with E-state index in [2.05, 4.69) is 24.4 Å². The van der Waals surface area contributed by atoms with Gasteiger partial charge in [0.25, 0.3) is 0 Å². The van der Waals surface area contributed by atoms with Crippen molar-refractivity contribution in [2.45, 2.75) is 33.1 Å². The summed E-state index contributed by atoms with van der Waals surface area (Å²) in [5.74, 6) is 0.0481. The Labute approximate surface area is 136 Å². The van der Waals surface area contributed by atoms with Crippen molar-refractivity contribution in [3.8, 4) is 0 Å². The molecule has 1 heterocycles. The quantitative estimate of drug-likeness (QED) is 0.804. The lowest BCUT2D eigenvalue weighted by atomic mass is 10.1. The molecule has 114 valence electrons. The van der Waals surface area contributed by atoms with Crippen molar-refractivity contribution in [1.29, 1.82) is 0 Å². The number of benzene rings is 1. The SMILES string of the molecule is Cc1ccc(CCCC(=O)Nc2cc(N)ccc2C)s1.Cl. The van der Waals surface area contributed by atoms with E-state index in [9.17, 15) is 4.79 Å². The number of aryl methyl sites for hydroxylation is 3. The number of carbonyl (C=O) groups is 1. The molecule has 0 saturated heterocycles. The predicted molar refractivity (Wildman–Crippen MR) is 93.5 cm³/mol. The Morgan fingerprint density at radius 3 is 2.67 bits per heavy atom. The molecule has 2 rings (SSSR count). The molecule has 1 amide bonds. The molecule has 0 spiro atoms. The summed E-state index contributed by atoms with van der Waals surface area (Å²) in [5, 5.41) is 2.93. The van der Waals surface area contributed by atoms with Crippen LogP contribution in [-0.2, 0) is 11.2 Å². The van der Waals surface area contributed by atoms with Gasteiger partial charge in [-0.15, -0.1) is 23.7 Å². The fourth-order valence-electron chi connectivity index (χ4n) is 2.03. The van der Waals surface area contributed by atoms with Crippen LogP contribution < -0.4 is 11.1 Å². The van der Waals surface area contributed by atoms with E-state index in [1.165, 1.54) is 9.75 Å². The van der Waals surface area contributed by atoms with Crippen molar-refractivity contribution in [1.82, 2.24) is 0 Å². The van der Waals surface area contributed by atoms with Crippen LogP contribution in [0.25, 0.3) is 0 Å². The number of nitrogen functional groups attached to an aromatic ring is 1. The molecule has 0 aliphatic carbocycles. The minimum absolute atomic E-state index is 0. The number of rotatable bonds is 5. The summed E-state index contributed by atoms with van der Waals surface area (Å²) in [6.07, 6.45) is 2.36. The highest BCUT2D eigenvalue weighted by Gasteiger charge is 2.06. The zero-order chi connectivity index (χ0) is 14.5. The molecular formula is C16H21ClN2OS. The average molecular weight is 325 g/mol. The summed E-state index contributed by atoms with van der Waals surface area (Å²) in [6, 6.07) is 9.81. The average Bonchev–Trinajstić information content (AvgIpc) is 2.80. The first-order valence-electron chi connectivity index (χ1n) is 6.76. The van der Waals surface area contributed by atoms with Crippen LogP contribution in [0.4, 0.5) is 11.4 Å². The number of carbonyl (C=O) groups excluding carboxylic acids is 1. The molecule has 0 aliphatic heterocycles. The molecule has 0 aliphatic rings. The summed E-state index contributed by atoms with van der Waals surface area (Å²) in [7, 11) is 0. The third-order valence-corrected chi connectivity index (χ3v) is 4.22. The van der Waals surface area contributed by atoms with Gasteiger partial charge in [0.1, 0.15) is 0 Å². The van der Waals surface area contributed by atoms with Crippen molar-refractivity contribution in [3.63, 3.8) is 0 Å². The molecule has 0 fully saturated rings. The van der Waals surface area contributed by atoms with E-state index in [0.29, 0.717) is 12.1 Å². The zero-order valence-electron chi connectivity index (χ0n) is 12.3. The largest absolute Gasteiger partial charge is 0.399 e. The minimum atomic E-state index is 0. The van der Waals surface area contributed by atoms with Gasteiger partial charge in [0.05, 0.1) is 0 Å². The molecule has 21 heavy (non-hydrogen) atoms. The molecule has 0 atom stereocenters. The summed E-state index contributed by atoms with van der Waals surface area (Å²) in [5.41, 5.74) is 8.23. The van der Waals surface area contributed by atoms with Crippen LogP contribution in [0.2, 0.25) is 0 Å².